The highest BCUT2D eigenvalue weighted by molar-refractivity contribution is 5.82. The van der Waals surface area contributed by atoms with Gasteiger partial charge in [0.25, 0.3) is 0 Å². The molecule has 3 fully saturated rings. The third kappa shape index (κ3) is 2.46. The average molecular weight is 252 g/mol. The van der Waals surface area contributed by atoms with E-state index in [0.717, 1.165) is 19.1 Å². The van der Waals surface area contributed by atoms with Crippen LogP contribution in [0.3, 0.4) is 0 Å². The zero-order valence-electron chi connectivity index (χ0n) is 11.3. The zero-order valence-corrected chi connectivity index (χ0v) is 11.3. The molecule has 4 heteroatoms. The van der Waals surface area contributed by atoms with Crippen LogP contribution in [0.2, 0.25) is 0 Å². The summed E-state index contributed by atoms with van der Waals surface area (Å²) in [6.07, 6.45) is 3.29. The van der Waals surface area contributed by atoms with Crippen LogP contribution >= 0.6 is 0 Å². The van der Waals surface area contributed by atoms with Crippen molar-refractivity contribution in [3.05, 3.63) is 0 Å². The maximum Gasteiger partial charge on any atom is 0.141 e. The largest absolute Gasteiger partial charge is 0.380 e. The molecule has 4 nitrogen and oxygen atoms in total. The second kappa shape index (κ2) is 5.27. The van der Waals surface area contributed by atoms with Gasteiger partial charge in [-0.2, -0.15) is 0 Å². The van der Waals surface area contributed by atoms with Gasteiger partial charge in [0.15, 0.2) is 0 Å². The van der Waals surface area contributed by atoms with Crippen molar-refractivity contribution in [3.8, 4) is 0 Å². The second-order valence-corrected chi connectivity index (χ2v) is 6.08. The number of fused-ring (bicyclic) bond motifs is 1. The van der Waals surface area contributed by atoms with Crippen LogP contribution in [0.25, 0.3) is 0 Å². The van der Waals surface area contributed by atoms with Crippen LogP contribution in [0.4, 0.5) is 0 Å². The topological polar surface area (TPSA) is 32.8 Å². The fourth-order valence-electron chi connectivity index (χ4n) is 3.64. The van der Waals surface area contributed by atoms with E-state index in [2.05, 4.69) is 16.7 Å². The Kier molecular flexibility index (Phi) is 3.68. The van der Waals surface area contributed by atoms with E-state index in [1.807, 2.05) is 0 Å². The molecule has 0 aliphatic carbocycles. The SMILES string of the molecule is CC1CN2CCCC2CN1CC1COCCC1=O. The molecule has 3 rings (SSSR count). The van der Waals surface area contributed by atoms with Gasteiger partial charge in [-0.25, -0.2) is 0 Å². The molecule has 102 valence electrons. The number of carbonyl (C=O) groups excluding carboxylic acids is 1. The van der Waals surface area contributed by atoms with Crippen LogP contribution in [0.5, 0.6) is 0 Å². The Morgan fingerprint density at radius 3 is 3.11 bits per heavy atom. The van der Waals surface area contributed by atoms with Crippen LogP contribution in [-0.2, 0) is 9.53 Å². The molecule has 0 N–H and O–H groups in total. The van der Waals surface area contributed by atoms with E-state index in [0.29, 0.717) is 31.5 Å². The minimum Gasteiger partial charge on any atom is -0.380 e. The molecule has 0 aromatic heterocycles. The minimum atomic E-state index is 0.120. The Morgan fingerprint density at radius 1 is 1.39 bits per heavy atom. The highest BCUT2D eigenvalue weighted by Crippen LogP contribution is 2.25. The summed E-state index contributed by atoms with van der Waals surface area (Å²) in [4.78, 5) is 17.0. The smallest absolute Gasteiger partial charge is 0.141 e. The zero-order chi connectivity index (χ0) is 12.5. The number of ketones is 1. The Balaban J connectivity index is 1.59. The Morgan fingerprint density at radius 2 is 2.28 bits per heavy atom. The lowest BCUT2D eigenvalue weighted by Crippen LogP contribution is -2.56. The molecule has 18 heavy (non-hydrogen) atoms. The lowest BCUT2D eigenvalue weighted by atomic mass is 9.98. The molecule has 3 heterocycles. The van der Waals surface area contributed by atoms with Crippen LogP contribution < -0.4 is 0 Å². The number of rotatable bonds is 2. The number of carbonyl (C=O) groups is 1. The Bertz CT molecular complexity index is 321. The first-order chi connectivity index (χ1) is 8.74. The molecule has 0 saturated carbocycles. The quantitative estimate of drug-likeness (QED) is 0.726. The van der Waals surface area contributed by atoms with Gasteiger partial charge in [-0.15, -0.1) is 0 Å². The highest BCUT2D eigenvalue weighted by Gasteiger charge is 2.36. The van der Waals surface area contributed by atoms with Crippen molar-refractivity contribution < 1.29 is 9.53 Å². The van der Waals surface area contributed by atoms with Gasteiger partial charge >= 0.3 is 0 Å². The van der Waals surface area contributed by atoms with Crippen molar-refractivity contribution in [2.45, 2.75) is 38.3 Å². The average Bonchev–Trinajstić information content (AvgIpc) is 2.79. The van der Waals surface area contributed by atoms with E-state index in [9.17, 15) is 4.79 Å². The number of nitrogens with zero attached hydrogens (tertiary/aromatic N) is 2. The number of Topliss-reactive ketones (excluding diaryl/α,β-unsaturated/α-hetero) is 1. The standard InChI is InChI=1S/C14H24N2O2/c1-11-7-15-5-2-3-13(15)9-16(11)8-12-10-18-6-4-14(12)17/h11-13H,2-10H2,1H3. The van der Waals surface area contributed by atoms with Gasteiger partial charge in [0.05, 0.1) is 19.1 Å². The van der Waals surface area contributed by atoms with Crippen LogP contribution in [0.15, 0.2) is 0 Å². The molecule has 3 atom stereocenters. The molecule has 3 unspecified atom stereocenters. The molecule has 3 saturated heterocycles. The number of hydrogen-bond donors (Lipinski definition) is 0. The molecule has 3 aliphatic heterocycles. The Hall–Kier alpha value is -0.450. The second-order valence-electron chi connectivity index (χ2n) is 6.08. The summed E-state index contributed by atoms with van der Waals surface area (Å²) in [7, 11) is 0. The molecule has 0 spiro atoms. The van der Waals surface area contributed by atoms with E-state index in [1.165, 1.54) is 25.9 Å². The summed E-state index contributed by atoms with van der Waals surface area (Å²) in [6.45, 7) is 8.05. The number of piperazine rings is 1. The van der Waals surface area contributed by atoms with Gasteiger partial charge in [-0.05, 0) is 26.3 Å². The molecule has 0 radical (unpaired) electrons. The first-order valence-corrected chi connectivity index (χ1v) is 7.32. The third-order valence-electron chi connectivity index (χ3n) is 4.79. The normalized spacial score (nSPS) is 38.9. The van der Waals surface area contributed by atoms with Crippen LogP contribution in [0.1, 0.15) is 26.2 Å². The van der Waals surface area contributed by atoms with Crippen molar-refractivity contribution in [1.29, 1.82) is 0 Å². The fourth-order valence-corrected chi connectivity index (χ4v) is 3.64. The monoisotopic (exact) mass is 252 g/mol. The van der Waals surface area contributed by atoms with E-state index >= 15 is 0 Å². The summed E-state index contributed by atoms with van der Waals surface area (Å²) in [6, 6.07) is 1.31. The van der Waals surface area contributed by atoms with E-state index in [-0.39, 0.29) is 5.92 Å². The van der Waals surface area contributed by atoms with Gasteiger partial charge < -0.3 is 4.74 Å². The maximum absolute atomic E-state index is 11.9. The summed E-state index contributed by atoms with van der Waals surface area (Å²) in [5.74, 6) is 0.524. The van der Waals surface area contributed by atoms with Gasteiger partial charge in [-0.1, -0.05) is 0 Å². The van der Waals surface area contributed by atoms with Gasteiger partial charge in [0, 0.05) is 38.1 Å². The summed E-state index contributed by atoms with van der Waals surface area (Å²) in [5, 5.41) is 0. The van der Waals surface area contributed by atoms with Crippen LogP contribution in [0, 0.1) is 5.92 Å². The number of hydrogen-bond acceptors (Lipinski definition) is 4. The predicted molar refractivity (Wildman–Crippen MR) is 69.6 cm³/mol. The summed E-state index contributed by atoms with van der Waals surface area (Å²) in [5.41, 5.74) is 0. The van der Waals surface area contributed by atoms with E-state index in [4.69, 9.17) is 4.74 Å². The third-order valence-corrected chi connectivity index (χ3v) is 4.79. The maximum atomic E-state index is 11.9. The van der Waals surface area contributed by atoms with Gasteiger partial charge in [-0.3, -0.25) is 14.6 Å². The van der Waals surface area contributed by atoms with E-state index in [1.54, 1.807) is 0 Å². The summed E-state index contributed by atoms with van der Waals surface area (Å²) < 4.78 is 5.46. The number of ether oxygens (including phenoxy) is 1. The van der Waals surface area contributed by atoms with Crippen molar-refractivity contribution in [1.82, 2.24) is 9.80 Å². The first kappa shape index (κ1) is 12.6. The minimum absolute atomic E-state index is 0.120. The molecule has 0 aromatic carbocycles. The van der Waals surface area contributed by atoms with Crippen molar-refractivity contribution >= 4 is 5.78 Å². The van der Waals surface area contributed by atoms with Crippen LogP contribution in [-0.4, -0.2) is 67.1 Å². The highest BCUT2D eigenvalue weighted by atomic mass is 16.5. The molecular weight excluding hydrogens is 228 g/mol. The lowest BCUT2D eigenvalue weighted by molar-refractivity contribution is -0.132. The van der Waals surface area contributed by atoms with Gasteiger partial charge in [0.2, 0.25) is 0 Å². The molecular formula is C14H24N2O2. The Labute approximate surface area is 109 Å². The predicted octanol–water partition coefficient (Wildman–Crippen LogP) is 0.760. The van der Waals surface area contributed by atoms with Gasteiger partial charge in [0.1, 0.15) is 5.78 Å². The van der Waals surface area contributed by atoms with E-state index < -0.39 is 0 Å². The molecule has 0 aromatic rings. The molecule has 0 bridgehead atoms. The first-order valence-electron chi connectivity index (χ1n) is 7.32. The molecule has 3 aliphatic rings. The summed E-state index contributed by atoms with van der Waals surface area (Å²) >= 11 is 0. The fraction of sp³-hybridized carbons (Fsp3) is 0.929. The van der Waals surface area contributed by atoms with Crippen molar-refractivity contribution in [2.24, 2.45) is 5.92 Å². The van der Waals surface area contributed by atoms with Crippen molar-refractivity contribution in [3.63, 3.8) is 0 Å². The van der Waals surface area contributed by atoms with Crippen molar-refractivity contribution in [2.75, 3.05) is 39.4 Å². The lowest BCUT2D eigenvalue weighted by Gasteiger charge is -2.43. The molecule has 0 amide bonds.